The van der Waals surface area contributed by atoms with Crippen molar-refractivity contribution in [1.29, 1.82) is 5.26 Å². The molecule has 4 heteroatoms. The van der Waals surface area contributed by atoms with Crippen LogP contribution >= 0.6 is 0 Å². The molecule has 2 aromatic rings. The van der Waals surface area contributed by atoms with E-state index < -0.39 is 0 Å². The minimum Gasteiger partial charge on any atom is -0.374 e. The molecule has 4 nitrogen and oxygen atoms in total. The third kappa shape index (κ3) is 2.73. The van der Waals surface area contributed by atoms with Gasteiger partial charge in [0.1, 0.15) is 6.07 Å². The number of aromatic nitrogens is 2. The van der Waals surface area contributed by atoms with E-state index in [0.29, 0.717) is 18.4 Å². The van der Waals surface area contributed by atoms with E-state index >= 15 is 0 Å². The average molecular weight is 267 g/mol. The first-order valence-corrected chi connectivity index (χ1v) is 7.01. The van der Waals surface area contributed by atoms with Crippen molar-refractivity contribution in [1.82, 2.24) is 9.97 Å². The van der Waals surface area contributed by atoms with E-state index in [0.717, 1.165) is 16.8 Å². The summed E-state index contributed by atoms with van der Waals surface area (Å²) in [5, 5.41) is 9.03. The minimum absolute atomic E-state index is 0.417. The monoisotopic (exact) mass is 267 g/mol. The van der Waals surface area contributed by atoms with Gasteiger partial charge >= 0.3 is 0 Å². The number of nitriles is 1. The molecule has 1 N–H and O–H groups in total. The molecular formula is C16H17N3O. The Morgan fingerprint density at radius 1 is 1.35 bits per heavy atom. The molecule has 1 aromatic carbocycles. The molecule has 20 heavy (non-hydrogen) atoms. The highest BCUT2D eigenvalue weighted by atomic mass is 16.5. The number of rotatable bonds is 4. The molecule has 1 saturated carbocycles. The van der Waals surface area contributed by atoms with Gasteiger partial charge in [-0.1, -0.05) is 31.0 Å². The number of hydrogen-bond acceptors (Lipinski definition) is 3. The molecule has 0 aliphatic heterocycles. The van der Waals surface area contributed by atoms with Crippen LogP contribution in [0.4, 0.5) is 0 Å². The molecule has 1 aliphatic rings. The van der Waals surface area contributed by atoms with Gasteiger partial charge in [0.15, 0.2) is 5.69 Å². The van der Waals surface area contributed by atoms with Crippen LogP contribution in [0.25, 0.3) is 11.3 Å². The lowest BCUT2D eigenvalue weighted by atomic mass is 10.1. The summed E-state index contributed by atoms with van der Waals surface area (Å²) in [5.41, 5.74) is 3.31. The topological polar surface area (TPSA) is 61.7 Å². The zero-order valence-corrected chi connectivity index (χ0v) is 11.3. The summed E-state index contributed by atoms with van der Waals surface area (Å²) in [6, 6.07) is 10.2. The Labute approximate surface area is 118 Å². The second-order valence-electron chi connectivity index (χ2n) is 5.16. The van der Waals surface area contributed by atoms with Crippen molar-refractivity contribution in [3.63, 3.8) is 0 Å². The predicted octanol–water partition coefficient (Wildman–Crippen LogP) is 3.41. The van der Waals surface area contributed by atoms with Gasteiger partial charge in [-0.3, -0.25) is 0 Å². The molecule has 0 bridgehead atoms. The summed E-state index contributed by atoms with van der Waals surface area (Å²) < 4.78 is 5.93. The molecule has 0 saturated heterocycles. The molecule has 1 heterocycles. The Morgan fingerprint density at radius 3 is 3.00 bits per heavy atom. The molecule has 1 fully saturated rings. The van der Waals surface area contributed by atoms with Crippen LogP contribution in [0.3, 0.4) is 0 Å². The quantitative estimate of drug-likeness (QED) is 0.923. The largest absolute Gasteiger partial charge is 0.374 e. The highest BCUT2D eigenvalue weighted by Gasteiger charge is 2.15. The zero-order chi connectivity index (χ0) is 13.8. The molecule has 1 aromatic heterocycles. The maximum atomic E-state index is 9.03. The fourth-order valence-corrected chi connectivity index (χ4v) is 2.68. The van der Waals surface area contributed by atoms with E-state index in [-0.39, 0.29) is 0 Å². The lowest BCUT2D eigenvalue weighted by molar-refractivity contribution is 0.0457. The van der Waals surface area contributed by atoms with Crippen molar-refractivity contribution in [2.45, 2.75) is 38.4 Å². The maximum absolute atomic E-state index is 9.03. The molecule has 0 amide bonds. The van der Waals surface area contributed by atoms with E-state index in [1.54, 1.807) is 6.33 Å². The van der Waals surface area contributed by atoms with Crippen molar-refractivity contribution in [2.75, 3.05) is 0 Å². The first kappa shape index (κ1) is 12.9. The van der Waals surface area contributed by atoms with E-state index in [2.05, 4.69) is 28.2 Å². The van der Waals surface area contributed by atoms with Gasteiger partial charge in [-0.25, -0.2) is 4.98 Å². The van der Waals surface area contributed by atoms with E-state index in [4.69, 9.17) is 10.00 Å². The Bertz CT molecular complexity index is 621. The average Bonchev–Trinajstić information content (AvgIpc) is 3.16. The molecule has 102 valence electrons. The summed E-state index contributed by atoms with van der Waals surface area (Å²) in [7, 11) is 0. The second kappa shape index (κ2) is 5.89. The van der Waals surface area contributed by atoms with Crippen molar-refractivity contribution in [3.8, 4) is 17.3 Å². The summed E-state index contributed by atoms with van der Waals surface area (Å²) in [5.74, 6) is 0. The molecule has 0 unspecified atom stereocenters. The summed E-state index contributed by atoms with van der Waals surface area (Å²) >= 11 is 0. The first-order chi connectivity index (χ1) is 9.86. The van der Waals surface area contributed by atoms with Gasteiger partial charge in [0, 0.05) is 5.56 Å². The van der Waals surface area contributed by atoms with E-state index in [1.807, 2.05) is 12.1 Å². The number of aromatic amines is 1. The van der Waals surface area contributed by atoms with Crippen LogP contribution in [-0.4, -0.2) is 16.1 Å². The highest BCUT2D eigenvalue weighted by Crippen LogP contribution is 2.24. The number of nitrogens with one attached hydrogen (secondary N) is 1. The molecule has 0 radical (unpaired) electrons. The summed E-state index contributed by atoms with van der Waals surface area (Å²) in [4.78, 5) is 7.02. The normalized spacial score (nSPS) is 15.3. The fourth-order valence-electron chi connectivity index (χ4n) is 2.68. The number of nitrogens with zero attached hydrogens (tertiary/aromatic N) is 2. The van der Waals surface area contributed by atoms with Crippen LogP contribution in [0.5, 0.6) is 0 Å². The van der Waals surface area contributed by atoms with Gasteiger partial charge in [-0.15, -0.1) is 0 Å². The summed E-state index contributed by atoms with van der Waals surface area (Å²) in [6.07, 6.45) is 6.89. The Balaban J connectivity index is 1.74. The van der Waals surface area contributed by atoms with Crippen LogP contribution < -0.4 is 0 Å². The number of imidazole rings is 1. The van der Waals surface area contributed by atoms with Gasteiger partial charge in [-0.2, -0.15) is 5.26 Å². The van der Waals surface area contributed by atoms with Crippen LogP contribution in [-0.2, 0) is 11.3 Å². The summed E-state index contributed by atoms with van der Waals surface area (Å²) in [6.45, 7) is 0.633. The van der Waals surface area contributed by atoms with Crippen molar-refractivity contribution >= 4 is 0 Å². The zero-order valence-electron chi connectivity index (χ0n) is 11.3. The third-order valence-corrected chi connectivity index (χ3v) is 3.75. The second-order valence-corrected chi connectivity index (χ2v) is 5.16. The SMILES string of the molecule is N#Cc1nc[nH]c1-c1cccc(COC2CCCC2)c1. The van der Waals surface area contributed by atoms with E-state index in [1.165, 1.54) is 25.7 Å². The van der Waals surface area contributed by atoms with Gasteiger partial charge in [-0.05, 0) is 24.5 Å². The van der Waals surface area contributed by atoms with Gasteiger partial charge in [0.25, 0.3) is 0 Å². The Hall–Kier alpha value is -2.12. The molecule has 1 aliphatic carbocycles. The van der Waals surface area contributed by atoms with Crippen LogP contribution in [0, 0.1) is 11.3 Å². The van der Waals surface area contributed by atoms with Crippen molar-refractivity contribution < 1.29 is 4.74 Å². The smallest absolute Gasteiger partial charge is 0.166 e. The van der Waals surface area contributed by atoms with Gasteiger partial charge < -0.3 is 9.72 Å². The Morgan fingerprint density at radius 2 is 2.20 bits per heavy atom. The maximum Gasteiger partial charge on any atom is 0.166 e. The van der Waals surface area contributed by atoms with Gasteiger partial charge in [0.2, 0.25) is 0 Å². The number of hydrogen-bond donors (Lipinski definition) is 1. The molecule has 0 atom stereocenters. The minimum atomic E-state index is 0.417. The number of benzene rings is 1. The molecular weight excluding hydrogens is 250 g/mol. The van der Waals surface area contributed by atoms with Crippen molar-refractivity contribution in [2.24, 2.45) is 0 Å². The number of ether oxygens (including phenoxy) is 1. The molecule has 3 rings (SSSR count). The fraction of sp³-hybridized carbons (Fsp3) is 0.375. The standard InChI is InChI=1S/C16H17N3O/c17-9-15-16(19-11-18-15)13-5-3-4-12(8-13)10-20-14-6-1-2-7-14/h3-5,8,11,14H,1-2,6-7,10H2,(H,18,19). The van der Waals surface area contributed by atoms with Crippen LogP contribution in [0.1, 0.15) is 36.9 Å². The third-order valence-electron chi connectivity index (χ3n) is 3.75. The lowest BCUT2D eigenvalue weighted by Gasteiger charge is -2.11. The van der Waals surface area contributed by atoms with Gasteiger partial charge in [0.05, 0.1) is 24.7 Å². The Kier molecular flexibility index (Phi) is 3.80. The first-order valence-electron chi connectivity index (χ1n) is 7.01. The van der Waals surface area contributed by atoms with E-state index in [9.17, 15) is 0 Å². The van der Waals surface area contributed by atoms with Crippen molar-refractivity contribution in [3.05, 3.63) is 41.9 Å². The highest BCUT2D eigenvalue weighted by molar-refractivity contribution is 5.65. The number of H-pyrrole nitrogens is 1. The van der Waals surface area contributed by atoms with Crippen LogP contribution in [0.2, 0.25) is 0 Å². The lowest BCUT2D eigenvalue weighted by Crippen LogP contribution is -2.07. The van der Waals surface area contributed by atoms with Crippen LogP contribution in [0.15, 0.2) is 30.6 Å². The predicted molar refractivity (Wildman–Crippen MR) is 75.8 cm³/mol. The molecule has 0 spiro atoms.